The standard InChI is InChI=1S/C16H20O4/c1-10(2)13-9-12(17)14(16(18)19-3)15(20-13)11-7-5-4-6-8-11/h4-8,10,13,15,17H,9H2,1-3H3/t13-,15-/m0/s1. The van der Waals surface area contributed by atoms with E-state index in [2.05, 4.69) is 0 Å². The molecule has 0 spiro atoms. The van der Waals surface area contributed by atoms with Gasteiger partial charge in [0.15, 0.2) is 0 Å². The number of benzene rings is 1. The molecule has 1 aliphatic heterocycles. The van der Waals surface area contributed by atoms with Gasteiger partial charge in [-0.25, -0.2) is 4.79 Å². The van der Waals surface area contributed by atoms with Gasteiger partial charge in [0.2, 0.25) is 0 Å². The SMILES string of the molecule is COC(=O)C1=C(O)C[C@@H](C(C)C)O[C@H]1c1ccccc1. The number of esters is 1. The summed E-state index contributed by atoms with van der Waals surface area (Å²) in [5.74, 6) is -0.225. The molecule has 0 saturated heterocycles. The van der Waals surface area contributed by atoms with Crippen molar-refractivity contribution >= 4 is 5.97 Å². The van der Waals surface area contributed by atoms with E-state index in [0.29, 0.717) is 6.42 Å². The zero-order chi connectivity index (χ0) is 14.7. The maximum atomic E-state index is 11.9. The summed E-state index contributed by atoms with van der Waals surface area (Å²) in [6.07, 6.45) is -0.357. The van der Waals surface area contributed by atoms with Gasteiger partial charge in [-0.15, -0.1) is 0 Å². The highest BCUT2D eigenvalue weighted by Crippen LogP contribution is 2.37. The van der Waals surface area contributed by atoms with Crippen LogP contribution in [0.4, 0.5) is 0 Å². The van der Waals surface area contributed by atoms with E-state index in [-0.39, 0.29) is 23.4 Å². The highest BCUT2D eigenvalue weighted by molar-refractivity contribution is 5.90. The number of hydrogen-bond donors (Lipinski definition) is 1. The lowest BCUT2D eigenvalue weighted by Crippen LogP contribution is -2.32. The number of carbonyl (C=O) groups is 1. The first-order valence-electron chi connectivity index (χ1n) is 6.75. The third-order valence-corrected chi connectivity index (χ3v) is 3.53. The van der Waals surface area contributed by atoms with Crippen LogP contribution < -0.4 is 0 Å². The van der Waals surface area contributed by atoms with Gasteiger partial charge < -0.3 is 14.6 Å². The molecule has 0 aliphatic carbocycles. The highest BCUT2D eigenvalue weighted by Gasteiger charge is 2.36. The van der Waals surface area contributed by atoms with Crippen molar-refractivity contribution in [3.8, 4) is 0 Å². The number of hydrogen-bond acceptors (Lipinski definition) is 4. The summed E-state index contributed by atoms with van der Waals surface area (Å²) in [6.45, 7) is 4.06. The molecule has 108 valence electrons. The van der Waals surface area contributed by atoms with Gasteiger partial charge in [0, 0.05) is 6.42 Å². The maximum absolute atomic E-state index is 11.9. The molecule has 1 aromatic carbocycles. The van der Waals surface area contributed by atoms with E-state index >= 15 is 0 Å². The smallest absolute Gasteiger partial charge is 0.340 e. The average molecular weight is 276 g/mol. The van der Waals surface area contributed by atoms with Crippen LogP contribution in [0.5, 0.6) is 0 Å². The average Bonchev–Trinajstić information content (AvgIpc) is 2.46. The van der Waals surface area contributed by atoms with Crippen LogP contribution in [0.3, 0.4) is 0 Å². The van der Waals surface area contributed by atoms with Crippen molar-refractivity contribution in [1.29, 1.82) is 0 Å². The largest absolute Gasteiger partial charge is 0.512 e. The molecule has 1 N–H and O–H groups in total. The Hall–Kier alpha value is -1.81. The summed E-state index contributed by atoms with van der Waals surface area (Å²) in [5, 5.41) is 10.2. The van der Waals surface area contributed by atoms with Crippen molar-refractivity contribution in [2.75, 3.05) is 7.11 Å². The number of ether oxygens (including phenoxy) is 2. The van der Waals surface area contributed by atoms with E-state index in [0.717, 1.165) is 5.56 Å². The monoisotopic (exact) mass is 276 g/mol. The molecule has 1 aromatic rings. The molecule has 1 aliphatic rings. The first kappa shape index (κ1) is 14.6. The lowest BCUT2D eigenvalue weighted by Gasteiger charge is -2.33. The Balaban J connectivity index is 2.43. The molecule has 20 heavy (non-hydrogen) atoms. The van der Waals surface area contributed by atoms with Crippen molar-refractivity contribution in [3.63, 3.8) is 0 Å². The first-order chi connectivity index (χ1) is 9.54. The summed E-state index contributed by atoms with van der Waals surface area (Å²) in [6, 6.07) is 9.41. The van der Waals surface area contributed by atoms with Crippen LogP contribution in [0.15, 0.2) is 41.7 Å². The van der Waals surface area contributed by atoms with Crippen molar-refractivity contribution in [1.82, 2.24) is 0 Å². The second-order valence-electron chi connectivity index (χ2n) is 5.27. The molecule has 0 saturated carbocycles. The molecule has 0 radical (unpaired) electrons. The summed E-state index contributed by atoms with van der Waals surface area (Å²) < 4.78 is 10.8. The zero-order valence-corrected chi connectivity index (χ0v) is 12.0. The minimum Gasteiger partial charge on any atom is -0.512 e. The topological polar surface area (TPSA) is 55.8 Å². The fourth-order valence-electron chi connectivity index (χ4n) is 2.34. The normalized spacial score (nSPS) is 23.0. The quantitative estimate of drug-likeness (QED) is 0.862. The fourth-order valence-corrected chi connectivity index (χ4v) is 2.34. The lowest BCUT2D eigenvalue weighted by molar-refractivity contribution is -0.140. The summed E-state index contributed by atoms with van der Waals surface area (Å²) in [5.41, 5.74) is 1.04. The van der Waals surface area contributed by atoms with Gasteiger partial charge in [0.1, 0.15) is 17.4 Å². The molecule has 4 nitrogen and oxygen atoms in total. The third-order valence-electron chi connectivity index (χ3n) is 3.53. The fraction of sp³-hybridized carbons (Fsp3) is 0.438. The molecule has 0 bridgehead atoms. The minimum atomic E-state index is -0.579. The van der Waals surface area contributed by atoms with Crippen LogP contribution in [0.2, 0.25) is 0 Å². The Bertz CT molecular complexity index is 504. The highest BCUT2D eigenvalue weighted by atomic mass is 16.5. The lowest BCUT2D eigenvalue weighted by atomic mass is 9.91. The number of aliphatic hydroxyl groups excluding tert-OH is 1. The first-order valence-corrected chi connectivity index (χ1v) is 6.75. The van der Waals surface area contributed by atoms with Gasteiger partial charge in [0.25, 0.3) is 0 Å². The summed E-state index contributed by atoms with van der Waals surface area (Å²) >= 11 is 0. The van der Waals surface area contributed by atoms with Gasteiger partial charge in [-0.2, -0.15) is 0 Å². The second-order valence-corrected chi connectivity index (χ2v) is 5.27. The maximum Gasteiger partial charge on any atom is 0.340 e. The number of carbonyl (C=O) groups excluding carboxylic acids is 1. The Kier molecular flexibility index (Phi) is 4.45. The van der Waals surface area contributed by atoms with E-state index < -0.39 is 12.1 Å². The molecule has 0 unspecified atom stereocenters. The molecule has 0 fully saturated rings. The number of aliphatic hydroxyl groups is 1. The Morgan fingerprint density at radius 1 is 1.35 bits per heavy atom. The van der Waals surface area contributed by atoms with Crippen molar-refractivity contribution in [2.24, 2.45) is 5.92 Å². The predicted octanol–water partition coefficient (Wildman–Crippen LogP) is 3.16. The zero-order valence-electron chi connectivity index (χ0n) is 12.0. The third kappa shape index (κ3) is 2.85. The van der Waals surface area contributed by atoms with Crippen LogP contribution in [0.25, 0.3) is 0 Å². The second kappa shape index (κ2) is 6.09. The predicted molar refractivity (Wildman–Crippen MR) is 75.2 cm³/mol. The van der Waals surface area contributed by atoms with Gasteiger partial charge in [-0.1, -0.05) is 44.2 Å². The number of methoxy groups -OCH3 is 1. The summed E-state index contributed by atoms with van der Waals surface area (Å²) in [4.78, 5) is 11.9. The van der Waals surface area contributed by atoms with Crippen LogP contribution in [0, 0.1) is 5.92 Å². The van der Waals surface area contributed by atoms with E-state index in [1.54, 1.807) is 0 Å². The number of rotatable bonds is 3. The Morgan fingerprint density at radius 2 is 2.00 bits per heavy atom. The Morgan fingerprint density at radius 3 is 2.55 bits per heavy atom. The molecule has 2 atom stereocenters. The molecule has 1 heterocycles. The van der Waals surface area contributed by atoms with Crippen LogP contribution in [0.1, 0.15) is 31.9 Å². The van der Waals surface area contributed by atoms with Gasteiger partial charge in [-0.05, 0) is 11.5 Å². The van der Waals surface area contributed by atoms with E-state index in [1.807, 2.05) is 44.2 Å². The van der Waals surface area contributed by atoms with Crippen molar-refractivity contribution in [3.05, 3.63) is 47.2 Å². The van der Waals surface area contributed by atoms with E-state index in [9.17, 15) is 9.90 Å². The van der Waals surface area contributed by atoms with E-state index in [1.165, 1.54) is 7.11 Å². The van der Waals surface area contributed by atoms with Gasteiger partial charge in [-0.3, -0.25) is 0 Å². The molecule has 0 amide bonds. The Labute approximate surface area is 119 Å². The van der Waals surface area contributed by atoms with Crippen molar-refractivity contribution < 1.29 is 19.4 Å². The van der Waals surface area contributed by atoms with Gasteiger partial charge >= 0.3 is 5.97 Å². The van der Waals surface area contributed by atoms with E-state index in [4.69, 9.17) is 9.47 Å². The minimum absolute atomic E-state index is 0.0654. The molecular weight excluding hydrogens is 256 g/mol. The molecule has 0 aromatic heterocycles. The summed E-state index contributed by atoms with van der Waals surface area (Å²) in [7, 11) is 1.30. The van der Waals surface area contributed by atoms with Gasteiger partial charge in [0.05, 0.1) is 13.2 Å². The van der Waals surface area contributed by atoms with Crippen molar-refractivity contribution in [2.45, 2.75) is 32.5 Å². The molecule has 4 heteroatoms. The van der Waals surface area contributed by atoms with Crippen LogP contribution in [-0.2, 0) is 14.3 Å². The van der Waals surface area contributed by atoms with Crippen LogP contribution in [-0.4, -0.2) is 24.3 Å². The van der Waals surface area contributed by atoms with Crippen LogP contribution >= 0.6 is 0 Å². The molecular formula is C16H20O4. The molecule has 2 rings (SSSR count).